The first-order chi connectivity index (χ1) is 17.3. The van der Waals surface area contributed by atoms with Gasteiger partial charge in [0.1, 0.15) is 22.8 Å². The van der Waals surface area contributed by atoms with Gasteiger partial charge in [0.05, 0.1) is 5.02 Å². The van der Waals surface area contributed by atoms with E-state index >= 15 is 0 Å². The average Bonchev–Trinajstić information content (AvgIpc) is 3.57. The number of benzene rings is 1. The molecule has 0 radical (unpaired) electrons. The lowest BCUT2D eigenvalue weighted by molar-refractivity contribution is -0.132. The van der Waals surface area contributed by atoms with E-state index in [0.717, 1.165) is 25.7 Å². The van der Waals surface area contributed by atoms with Crippen molar-refractivity contribution in [2.24, 2.45) is 11.7 Å². The van der Waals surface area contributed by atoms with Crippen molar-refractivity contribution in [2.45, 2.75) is 37.8 Å². The van der Waals surface area contributed by atoms with Crippen molar-refractivity contribution < 1.29 is 14.3 Å². The molecule has 36 heavy (non-hydrogen) atoms. The third-order valence-corrected chi connectivity index (χ3v) is 7.24. The number of carbonyl (C=O) groups is 2. The molecule has 3 heterocycles. The second-order valence-electron chi connectivity index (χ2n) is 9.38. The molecule has 186 valence electrons. The Labute approximate surface area is 213 Å². The van der Waals surface area contributed by atoms with Crippen molar-refractivity contribution >= 4 is 29.2 Å². The van der Waals surface area contributed by atoms with E-state index in [1.165, 1.54) is 12.3 Å². The maximum atomic E-state index is 12.5. The van der Waals surface area contributed by atoms with Crippen LogP contribution >= 0.6 is 11.6 Å². The number of ether oxygens (including phenoxy) is 1. The second kappa shape index (κ2) is 9.31. The first-order valence-electron chi connectivity index (χ1n) is 11.8. The molecule has 10 heteroatoms. The lowest BCUT2D eigenvalue weighted by atomic mass is 9.90. The molecule has 1 atom stereocenters. The number of pyridine rings is 1. The van der Waals surface area contributed by atoms with Crippen molar-refractivity contribution in [2.75, 3.05) is 12.3 Å². The summed E-state index contributed by atoms with van der Waals surface area (Å²) in [5.41, 5.74) is 13.3. The van der Waals surface area contributed by atoms with Crippen molar-refractivity contribution in [1.29, 1.82) is 0 Å². The first kappa shape index (κ1) is 23.9. The standard InChI is InChI=1S/C26H27ClN6O3/c1-2-21(34)32-14-16(9-10-26(32)11-12-26)15-33-24(28)22(25(29)35)23(31-33)17-3-6-19(7-4-17)36-20-8-5-18(27)13-30-20/h2-8,13,16H,1,9-12,14-15,28H2,(H2,29,35). The minimum Gasteiger partial charge on any atom is -0.439 e. The predicted octanol–water partition coefficient (Wildman–Crippen LogP) is 4.03. The topological polar surface area (TPSA) is 129 Å². The maximum absolute atomic E-state index is 12.5. The summed E-state index contributed by atoms with van der Waals surface area (Å²) in [6.45, 7) is 4.74. The fourth-order valence-corrected chi connectivity index (χ4v) is 5.04. The van der Waals surface area contributed by atoms with E-state index in [0.29, 0.717) is 41.0 Å². The van der Waals surface area contributed by atoms with Crippen LogP contribution in [0.5, 0.6) is 11.6 Å². The van der Waals surface area contributed by atoms with Crippen LogP contribution in [0.3, 0.4) is 0 Å². The molecule has 1 spiro atoms. The third kappa shape index (κ3) is 4.54. The number of rotatable bonds is 7. The van der Waals surface area contributed by atoms with Crippen molar-refractivity contribution in [3.8, 4) is 22.9 Å². The predicted molar refractivity (Wildman–Crippen MR) is 137 cm³/mol. The van der Waals surface area contributed by atoms with E-state index in [2.05, 4.69) is 16.7 Å². The Morgan fingerprint density at radius 3 is 2.56 bits per heavy atom. The highest BCUT2D eigenvalue weighted by Crippen LogP contribution is 2.49. The largest absolute Gasteiger partial charge is 0.439 e. The van der Waals surface area contributed by atoms with Gasteiger partial charge in [-0.1, -0.05) is 18.2 Å². The van der Waals surface area contributed by atoms with Crippen LogP contribution in [0.25, 0.3) is 11.3 Å². The van der Waals surface area contributed by atoms with Crippen LogP contribution in [0.2, 0.25) is 5.02 Å². The van der Waals surface area contributed by atoms with Gasteiger partial charge in [-0.05, 0) is 68.0 Å². The number of carbonyl (C=O) groups excluding carboxylic acids is 2. The number of nitrogens with zero attached hydrogens (tertiary/aromatic N) is 4. The fourth-order valence-electron chi connectivity index (χ4n) is 4.93. The fraction of sp³-hybridized carbons (Fsp3) is 0.308. The number of anilines is 1. The number of hydrogen-bond acceptors (Lipinski definition) is 6. The molecule has 4 N–H and O–H groups in total. The summed E-state index contributed by atoms with van der Waals surface area (Å²) in [4.78, 5) is 30.8. The van der Waals surface area contributed by atoms with Gasteiger partial charge >= 0.3 is 0 Å². The Morgan fingerprint density at radius 2 is 1.94 bits per heavy atom. The normalized spacial score (nSPS) is 18.1. The van der Waals surface area contributed by atoms with Gasteiger partial charge in [-0.3, -0.25) is 9.59 Å². The van der Waals surface area contributed by atoms with Crippen LogP contribution in [0.1, 0.15) is 36.0 Å². The van der Waals surface area contributed by atoms with E-state index in [-0.39, 0.29) is 28.7 Å². The van der Waals surface area contributed by atoms with Gasteiger partial charge < -0.3 is 21.1 Å². The molecule has 2 fully saturated rings. The minimum absolute atomic E-state index is 0.00761. The SMILES string of the molecule is C=CC(=O)N1CC(Cn2nc(-c3ccc(Oc4ccc(Cl)cn4)cc3)c(C(N)=O)c2N)CCC12CC2. The third-order valence-electron chi connectivity index (χ3n) is 7.02. The van der Waals surface area contributed by atoms with Crippen LogP contribution in [-0.2, 0) is 11.3 Å². The van der Waals surface area contributed by atoms with Crippen LogP contribution < -0.4 is 16.2 Å². The highest BCUT2D eigenvalue weighted by atomic mass is 35.5. The smallest absolute Gasteiger partial charge is 0.254 e. The Bertz CT molecular complexity index is 1310. The molecule has 1 aliphatic heterocycles. The van der Waals surface area contributed by atoms with Gasteiger partial charge in [0.25, 0.3) is 5.91 Å². The Kier molecular flexibility index (Phi) is 6.17. The maximum Gasteiger partial charge on any atom is 0.254 e. The highest BCUT2D eigenvalue weighted by Gasteiger charge is 2.52. The zero-order chi connectivity index (χ0) is 25.4. The van der Waals surface area contributed by atoms with Crippen LogP contribution in [-0.4, -0.2) is 43.6 Å². The summed E-state index contributed by atoms with van der Waals surface area (Å²) in [5, 5.41) is 5.18. The van der Waals surface area contributed by atoms with Crippen LogP contribution in [0, 0.1) is 5.92 Å². The number of aromatic nitrogens is 3. The molecule has 1 saturated carbocycles. The Balaban J connectivity index is 1.36. The van der Waals surface area contributed by atoms with Gasteiger partial charge in [-0.15, -0.1) is 0 Å². The molecule has 1 aromatic carbocycles. The zero-order valence-electron chi connectivity index (χ0n) is 19.7. The van der Waals surface area contributed by atoms with E-state index in [1.807, 2.05) is 4.90 Å². The summed E-state index contributed by atoms with van der Waals surface area (Å²) in [6.07, 6.45) is 6.84. The minimum atomic E-state index is -0.650. The van der Waals surface area contributed by atoms with Crippen molar-refractivity contribution in [3.63, 3.8) is 0 Å². The summed E-state index contributed by atoms with van der Waals surface area (Å²) in [5.74, 6) is 0.645. The molecule has 2 amide bonds. The molecular formula is C26H27ClN6O3. The summed E-state index contributed by atoms with van der Waals surface area (Å²) in [6, 6.07) is 10.4. The van der Waals surface area contributed by atoms with E-state index < -0.39 is 5.91 Å². The number of halogens is 1. The number of nitrogens with two attached hydrogens (primary N) is 2. The highest BCUT2D eigenvalue weighted by molar-refractivity contribution is 6.30. The van der Waals surface area contributed by atoms with E-state index in [9.17, 15) is 9.59 Å². The molecule has 1 unspecified atom stereocenters. The van der Waals surface area contributed by atoms with E-state index in [1.54, 1.807) is 41.1 Å². The lowest BCUT2D eigenvalue weighted by Gasteiger charge is -2.40. The molecular weight excluding hydrogens is 480 g/mol. The zero-order valence-corrected chi connectivity index (χ0v) is 20.4. The molecule has 2 aliphatic rings. The van der Waals surface area contributed by atoms with Gasteiger partial charge in [0, 0.05) is 36.5 Å². The summed E-state index contributed by atoms with van der Waals surface area (Å²) in [7, 11) is 0. The van der Waals surface area contributed by atoms with E-state index in [4.69, 9.17) is 27.8 Å². The van der Waals surface area contributed by atoms with Crippen molar-refractivity contribution in [3.05, 3.63) is 65.8 Å². The monoisotopic (exact) mass is 506 g/mol. The first-order valence-corrected chi connectivity index (χ1v) is 12.2. The summed E-state index contributed by atoms with van der Waals surface area (Å²) >= 11 is 5.87. The second-order valence-corrected chi connectivity index (χ2v) is 9.81. The van der Waals surface area contributed by atoms with Crippen molar-refractivity contribution in [1.82, 2.24) is 19.7 Å². The number of nitrogen functional groups attached to an aromatic ring is 1. The average molecular weight is 507 g/mol. The molecule has 3 aromatic rings. The molecule has 1 aliphatic carbocycles. The number of piperidine rings is 1. The quantitative estimate of drug-likeness (QED) is 0.465. The van der Waals surface area contributed by atoms with Gasteiger partial charge in [0.2, 0.25) is 11.8 Å². The number of amides is 2. The number of hydrogen-bond donors (Lipinski definition) is 2. The van der Waals surface area contributed by atoms with Gasteiger partial charge in [-0.25, -0.2) is 9.67 Å². The number of likely N-dealkylation sites (tertiary alicyclic amines) is 1. The molecule has 2 aromatic heterocycles. The molecule has 1 saturated heterocycles. The molecule has 0 bridgehead atoms. The number of primary amides is 1. The van der Waals surface area contributed by atoms with Crippen LogP contribution in [0.4, 0.5) is 5.82 Å². The Hall–Kier alpha value is -3.85. The Morgan fingerprint density at radius 1 is 1.19 bits per heavy atom. The van der Waals surface area contributed by atoms with Crippen LogP contribution in [0.15, 0.2) is 55.3 Å². The summed E-state index contributed by atoms with van der Waals surface area (Å²) < 4.78 is 7.37. The molecule has 9 nitrogen and oxygen atoms in total. The van der Waals surface area contributed by atoms with Gasteiger partial charge in [-0.2, -0.15) is 5.10 Å². The van der Waals surface area contributed by atoms with Gasteiger partial charge in [0.15, 0.2) is 0 Å². The lowest BCUT2D eigenvalue weighted by Crippen LogP contribution is -2.48. The molecule has 5 rings (SSSR count).